The van der Waals surface area contributed by atoms with Crippen LogP contribution in [-0.4, -0.2) is 59.1 Å². The van der Waals surface area contributed by atoms with Crippen LogP contribution in [0.4, 0.5) is 11.5 Å². The number of hydrogen-bond acceptors (Lipinski definition) is 5. The molecular weight excluding hydrogens is 570 g/mol. The molecule has 3 aromatic rings. The van der Waals surface area contributed by atoms with Crippen LogP contribution in [0, 0.1) is 0 Å². The SMILES string of the molecule is Cl.Cl.Cl.O=C(Nc1ccc2nc(N3CCN(C4CCCCC4)CC3)cc(C(=O)O)c2c1)c1ccccc1Cl. The molecule has 1 aliphatic carbocycles. The molecule has 206 valence electrons. The van der Waals surface area contributed by atoms with E-state index in [2.05, 4.69) is 15.1 Å². The predicted molar refractivity (Wildman–Crippen MR) is 161 cm³/mol. The number of anilines is 2. The van der Waals surface area contributed by atoms with E-state index in [1.54, 1.807) is 48.5 Å². The van der Waals surface area contributed by atoms with E-state index in [9.17, 15) is 14.7 Å². The second-order valence-corrected chi connectivity index (χ2v) is 9.72. The second-order valence-electron chi connectivity index (χ2n) is 9.31. The van der Waals surface area contributed by atoms with Crippen LogP contribution in [0.25, 0.3) is 10.9 Å². The number of hydrogen-bond donors (Lipinski definition) is 2. The summed E-state index contributed by atoms with van der Waals surface area (Å²) in [6.45, 7) is 3.61. The Labute approximate surface area is 246 Å². The fraction of sp³-hybridized carbons (Fsp3) is 0.370. The van der Waals surface area contributed by atoms with Crippen molar-refractivity contribution in [2.75, 3.05) is 36.4 Å². The summed E-state index contributed by atoms with van der Waals surface area (Å²) < 4.78 is 0. The molecule has 7 nitrogen and oxygen atoms in total. The van der Waals surface area contributed by atoms with Gasteiger partial charge in [-0.25, -0.2) is 9.78 Å². The third kappa shape index (κ3) is 7.01. The molecule has 1 saturated heterocycles. The van der Waals surface area contributed by atoms with Crippen LogP contribution in [0.2, 0.25) is 5.02 Å². The minimum absolute atomic E-state index is 0. The van der Waals surface area contributed by atoms with Crippen molar-refractivity contribution < 1.29 is 14.7 Å². The van der Waals surface area contributed by atoms with Crippen molar-refractivity contribution in [3.05, 3.63) is 64.7 Å². The lowest BCUT2D eigenvalue weighted by Crippen LogP contribution is -2.51. The average molecular weight is 602 g/mol. The number of fused-ring (bicyclic) bond motifs is 1. The average Bonchev–Trinajstić information content (AvgIpc) is 2.89. The number of aromatic carboxylic acids is 1. The molecule has 2 aromatic carbocycles. The van der Waals surface area contributed by atoms with Gasteiger partial charge in [-0.05, 0) is 49.2 Å². The Kier molecular flexibility index (Phi) is 11.9. The number of benzene rings is 2. The number of nitrogens with zero attached hydrogens (tertiary/aromatic N) is 3. The summed E-state index contributed by atoms with van der Waals surface area (Å²) in [5, 5.41) is 13.6. The first kappa shape index (κ1) is 31.9. The number of piperazine rings is 1. The summed E-state index contributed by atoms with van der Waals surface area (Å²) in [5.74, 6) is -0.688. The van der Waals surface area contributed by atoms with E-state index in [0.29, 0.717) is 39.0 Å². The number of aromatic nitrogens is 1. The van der Waals surface area contributed by atoms with E-state index in [-0.39, 0.29) is 48.7 Å². The normalized spacial score (nSPS) is 16.1. The summed E-state index contributed by atoms with van der Waals surface area (Å²) >= 11 is 6.14. The second kappa shape index (κ2) is 14.2. The molecule has 1 saturated carbocycles. The van der Waals surface area contributed by atoms with Crippen molar-refractivity contribution in [2.45, 2.75) is 38.1 Å². The predicted octanol–water partition coefficient (Wildman–Crippen LogP) is 6.56. The largest absolute Gasteiger partial charge is 0.478 e. The maximum atomic E-state index is 12.7. The highest BCUT2D eigenvalue weighted by molar-refractivity contribution is 6.34. The van der Waals surface area contributed by atoms with Gasteiger partial charge >= 0.3 is 5.97 Å². The summed E-state index contributed by atoms with van der Waals surface area (Å²) in [4.78, 5) is 34.3. The lowest BCUT2D eigenvalue weighted by molar-refractivity contribution is 0.0698. The van der Waals surface area contributed by atoms with Crippen molar-refractivity contribution in [2.24, 2.45) is 0 Å². The molecule has 0 bridgehead atoms. The van der Waals surface area contributed by atoms with Gasteiger partial charge in [0.25, 0.3) is 5.91 Å². The van der Waals surface area contributed by atoms with Gasteiger partial charge in [0.15, 0.2) is 0 Å². The van der Waals surface area contributed by atoms with Gasteiger partial charge in [0.2, 0.25) is 0 Å². The first-order valence-electron chi connectivity index (χ1n) is 12.2. The van der Waals surface area contributed by atoms with Crippen LogP contribution in [0.3, 0.4) is 0 Å². The van der Waals surface area contributed by atoms with E-state index < -0.39 is 5.97 Å². The standard InChI is InChI=1S/C27H29ClN4O3.3ClH/c28-23-9-5-4-8-20(23)26(33)29-18-10-11-24-21(16-18)22(27(34)35)17-25(30-24)32-14-12-31(13-15-32)19-6-2-1-3-7-19;;;/h4-5,8-11,16-17,19H,1-3,6-7,12-15H2,(H,29,33)(H,34,35);3*1H. The van der Waals surface area contributed by atoms with Crippen molar-refractivity contribution in [1.82, 2.24) is 9.88 Å². The number of pyridine rings is 1. The summed E-state index contributed by atoms with van der Waals surface area (Å²) in [5.41, 5.74) is 1.60. The van der Waals surface area contributed by atoms with Crippen LogP contribution in [0.15, 0.2) is 48.5 Å². The van der Waals surface area contributed by atoms with Gasteiger partial charge in [-0.15, -0.1) is 37.2 Å². The molecular formula is C27H32Cl4N4O3. The third-order valence-corrected chi connectivity index (χ3v) is 7.46. The molecule has 2 heterocycles. The fourth-order valence-corrected chi connectivity index (χ4v) is 5.46. The zero-order valence-corrected chi connectivity index (χ0v) is 24.0. The maximum absolute atomic E-state index is 12.7. The van der Waals surface area contributed by atoms with E-state index in [0.717, 1.165) is 26.2 Å². The maximum Gasteiger partial charge on any atom is 0.336 e. The summed E-state index contributed by atoms with van der Waals surface area (Å²) in [6.07, 6.45) is 6.56. The van der Waals surface area contributed by atoms with Gasteiger partial charge in [0.1, 0.15) is 5.82 Å². The van der Waals surface area contributed by atoms with Gasteiger partial charge in [-0.2, -0.15) is 0 Å². The zero-order chi connectivity index (χ0) is 24.4. The van der Waals surface area contributed by atoms with Crippen molar-refractivity contribution in [3.8, 4) is 0 Å². The minimum Gasteiger partial charge on any atom is -0.478 e. The Morgan fingerprint density at radius 3 is 2.24 bits per heavy atom. The molecule has 0 atom stereocenters. The number of nitrogens with one attached hydrogen (secondary N) is 1. The molecule has 2 aliphatic rings. The molecule has 38 heavy (non-hydrogen) atoms. The Hall–Kier alpha value is -2.29. The monoisotopic (exact) mass is 600 g/mol. The molecule has 1 aliphatic heterocycles. The quantitative estimate of drug-likeness (QED) is 0.344. The van der Waals surface area contributed by atoms with Crippen LogP contribution >= 0.6 is 48.8 Å². The van der Waals surface area contributed by atoms with Crippen molar-refractivity contribution in [1.29, 1.82) is 0 Å². The van der Waals surface area contributed by atoms with Gasteiger partial charge in [-0.1, -0.05) is 43.0 Å². The molecule has 1 aromatic heterocycles. The van der Waals surface area contributed by atoms with E-state index in [1.165, 1.54) is 32.1 Å². The van der Waals surface area contributed by atoms with Gasteiger partial charge in [-0.3, -0.25) is 9.69 Å². The first-order chi connectivity index (χ1) is 17.0. The van der Waals surface area contributed by atoms with Gasteiger partial charge in [0.05, 0.1) is 21.7 Å². The Balaban J connectivity index is 0.00000169. The molecule has 11 heteroatoms. The molecule has 5 rings (SSSR count). The number of rotatable bonds is 5. The first-order valence-corrected chi connectivity index (χ1v) is 12.6. The topological polar surface area (TPSA) is 85.8 Å². The molecule has 2 fully saturated rings. The Morgan fingerprint density at radius 2 is 1.58 bits per heavy atom. The lowest BCUT2D eigenvalue weighted by atomic mass is 9.94. The highest BCUT2D eigenvalue weighted by Crippen LogP contribution is 2.29. The highest BCUT2D eigenvalue weighted by atomic mass is 35.5. The number of carboxylic acid groups (broad SMARTS) is 1. The van der Waals surface area contributed by atoms with Crippen molar-refractivity contribution in [3.63, 3.8) is 0 Å². The fourth-order valence-electron chi connectivity index (χ4n) is 5.23. The number of halogens is 4. The smallest absolute Gasteiger partial charge is 0.336 e. The minimum atomic E-state index is -1.02. The van der Waals surface area contributed by atoms with Crippen LogP contribution in [-0.2, 0) is 0 Å². The number of carbonyl (C=O) groups is 2. The zero-order valence-electron chi connectivity index (χ0n) is 20.8. The van der Waals surface area contributed by atoms with Gasteiger partial charge < -0.3 is 15.3 Å². The summed E-state index contributed by atoms with van der Waals surface area (Å²) in [6, 6.07) is 14.3. The summed E-state index contributed by atoms with van der Waals surface area (Å²) in [7, 11) is 0. The third-order valence-electron chi connectivity index (χ3n) is 7.13. The van der Waals surface area contributed by atoms with E-state index in [4.69, 9.17) is 16.6 Å². The van der Waals surface area contributed by atoms with Crippen molar-refractivity contribution >= 4 is 83.1 Å². The molecule has 0 radical (unpaired) electrons. The van der Waals surface area contributed by atoms with E-state index >= 15 is 0 Å². The number of carbonyl (C=O) groups excluding carboxylic acids is 1. The van der Waals surface area contributed by atoms with Gasteiger partial charge in [0, 0.05) is 43.3 Å². The number of amides is 1. The lowest BCUT2D eigenvalue weighted by Gasteiger charge is -2.41. The Morgan fingerprint density at radius 1 is 0.895 bits per heavy atom. The number of carboxylic acids is 1. The van der Waals surface area contributed by atoms with Crippen LogP contribution < -0.4 is 10.2 Å². The molecule has 2 N–H and O–H groups in total. The Bertz CT molecular complexity index is 1260. The van der Waals surface area contributed by atoms with Crippen LogP contribution in [0.1, 0.15) is 52.8 Å². The van der Waals surface area contributed by atoms with E-state index in [1.807, 2.05) is 0 Å². The molecule has 0 spiro atoms. The highest BCUT2D eigenvalue weighted by Gasteiger charge is 2.26. The van der Waals surface area contributed by atoms with Crippen LogP contribution in [0.5, 0.6) is 0 Å². The molecule has 0 unspecified atom stereocenters. The molecule has 1 amide bonds.